The molecule has 0 saturated heterocycles. The molecule has 0 spiro atoms. The molecule has 0 aliphatic heterocycles. The van der Waals surface area contributed by atoms with E-state index >= 15 is 0 Å². The molecule has 0 unspecified atom stereocenters. The maximum atomic E-state index is 13.0. The Hall–Kier alpha value is -4.44. The minimum atomic E-state index is -4.44. The largest absolute Gasteiger partial charge is 0.505 e. The number of amides is 1. The molecule has 0 fully saturated rings. The van der Waals surface area contributed by atoms with Gasteiger partial charge in [-0.05, 0) is 60.1 Å². The van der Waals surface area contributed by atoms with Gasteiger partial charge in [0, 0.05) is 21.7 Å². The molecule has 0 atom stereocenters. The van der Waals surface area contributed by atoms with Crippen LogP contribution in [0.1, 0.15) is 10.4 Å². The van der Waals surface area contributed by atoms with Crippen LogP contribution in [0.15, 0.2) is 77.7 Å². The van der Waals surface area contributed by atoms with E-state index in [1.807, 2.05) is 24.3 Å². The van der Waals surface area contributed by atoms with E-state index in [2.05, 4.69) is 25.3 Å². The summed E-state index contributed by atoms with van der Waals surface area (Å²) in [5, 5.41) is 15.7. The van der Waals surface area contributed by atoms with E-state index in [9.17, 15) is 31.3 Å². The predicted molar refractivity (Wildman–Crippen MR) is 155 cm³/mol. The monoisotopic (exact) mass is 599 g/mol. The highest BCUT2D eigenvalue weighted by Gasteiger charge is 2.19. The van der Waals surface area contributed by atoms with Crippen LogP contribution in [0.25, 0.3) is 21.7 Å². The fourth-order valence-electron chi connectivity index (χ4n) is 4.02. The van der Waals surface area contributed by atoms with Crippen molar-refractivity contribution in [3.05, 3.63) is 78.4 Å². The van der Waals surface area contributed by atoms with E-state index in [4.69, 9.17) is 0 Å². The highest BCUT2D eigenvalue weighted by molar-refractivity contribution is 7.92. The van der Waals surface area contributed by atoms with Gasteiger partial charge < -0.3 is 10.4 Å². The summed E-state index contributed by atoms with van der Waals surface area (Å²) in [5.41, 5.74) is 7.44. The summed E-state index contributed by atoms with van der Waals surface area (Å²) >= 11 is 1.20. The molecule has 5 rings (SSSR count). The van der Waals surface area contributed by atoms with E-state index < -0.39 is 26.0 Å². The third-order valence-electron chi connectivity index (χ3n) is 5.79. The normalized spacial score (nSPS) is 11.8. The van der Waals surface area contributed by atoms with Gasteiger partial charge in [0.1, 0.15) is 10.8 Å². The standard InChI is InChI=1S/C25H21N5O7S3/c1-39(33,34)30-19-8-4-6-17-22(19)20(27-28-25-16-5-2-3-7-18(16)29-38-25)13-21(23(17)31)26-24(32)14-9-11-15(12-10-14)40(35,36)37/h2-13,27-28,30-31H,1H3,(H,26,32)(H,35,36,37). The third kappa shape index (κ3) is 5.62. The number of hydrogen-bond acceptors (Lipinski definition) is 10. The van der Waals surface area contributed by atoms with Crippen LogP contribution in [0, 0.1) is 0 Å². The predicted octanol–water partition coefficient (Wildman–Crippen LogP) is 4.46. The summed E-state index contributed by atoms with van der Waals surface area (Å²) in [6, 6.07) is 18.1. The Kier molecular flexibility index (Phi) is 6.97. The van der Waals surface area contributed by atoms with Gasteiger partial charge in [0.2, 0.25) is 10.0 Å². The van der Waals surface area contributed by atoms with Crippen LogP contribution in [0.5, 0.6) is 5.75 Å². The van der Waals surface area contributed by atoms with Crippen molar-refractivity contribution in [1.82, 2.24) is 4.37 Å². The summed E-state index contributed by atoms with van der Waals surface area (Å²) < 4.78 is 62.7. The van der Waals surface area contributed by atoms with Gasteiger partial charge in [0.25, 0.3) is 16.0 Å². The average molecular weight is 600 g/mol. The van der Waals surface area contributed by atoms with Crippen LogP contribution in [-0.2, 0) is 20.1 Å². The zero-order valence-corrected chi connectivity index (χ0v) is 23.0. The molecule has 5 aromatic rings. The zero-order valence-electron chi connectivity index (χ0n) is 20.5. The van der Waals surface area contributed by atoms with Crippen LogP contribution >= 0.6 is 11.5 Å². The maximum absolute atomic E-state index is 13.0. The Labute approximate surface area is 232 Å². The smallest absolute Gasteiger partial charge is 0.294 e. The quantitative estimate of drug-likeness (QED) is 0.0643. The Morgan fingerprint density at radius 3 is 2.25 bits per heavy atom. The number of hydrogen-bond donors (Lipinski definition) is 6. The lowest BCUT2D eigenvalue weighted by molar-refractivity contribution is 0.102. The van der Waals surface area contributed by atoms with E-state index in [1.165, 1.54) is 35.8 Å². The number of nitrogens with zero attached hydrogens (tertiary/aromatic N) is 1. The van der Waals surface area contributed by atoms with Gasteiger partial charge in [0.05, 0.1) is 33.7 Å². The number of phenolic OH excluding ortho intramolecular Hbond substituents is 1. The molecule has 206 valence electrons. The van der Waals surface area contributed by atoms with Gasteiger partial charge in [-0.1, -0.05) is 24.3 Å². The second-order valence-corrected chi connectivity index (χ2v) is 12.6. The number of aromatic hydroxyl groups is 1. The molecule has 1 heterocycles. The van der Waals surface area contributed by atoms with Crippen molar-refractivity contribution in [2.24, 2.45) is 0 Å². The van der Waals surface area contributed by atoms with E-state index in [-0.39, 0.29) is 33.0 Å². The topological polar surface area (TPSA) is 187 Å². The Balaban J connectivity index is 1.56. The fourth-order valence-corrected chi connectivity index (χ4v) is 5.79. The van der Waals surface area contributed by atoms with Crippen molar-refractivity contribution < 1.29 is 31.3 Å². The number of nitrogens with one attached hydrogen (secondary N) is 4. The molecule has 0 aliphatic carbocycles. The van der Waals surface area contributed by atoms with Gasteiger partial charge >= 0.3 is 0 Å². The first kappa shape index (κ1) is 27.1. The number of sulfonamides is 1. The van der Waals surface area contributed by atoms with Gasteiger partial charge in [-0.25, -0.2) is 8.42 Å². The lowest BCUT2D eigenvalue weighted by atomic mass is 10.0. The maximum Gasteiger partial charge on any atom is 0.294 e. The summed E-state index contributed by atoms with van der Waals surface area (Å²) in [7, 11) is -8.12. The first-order valence-electron chi connectivity index (χ1n) is 11.4. The molecule has 0 saturated carbocycles. The highest BCUT2D eigenvalue weighted by Crippen LogP contribution is 2.42. The molecular formula is C25H21N5O7S3. The van der Waals surface area contributed by atoms with Crippen LogP contribution in [0.2, 0.25) is 0 Å². The Morgan fingerprint density at radius 2 is 1.55 bits per heavy atom. The lowest BCUT2D eigenvalue weighted by Gasteiger charge is -2.18. The average Bonchev–Trinajstić information content (AvgIpc) is 3.31. The fraction of sp³-hybridized carbons (Fsp3) is 0.0400. The van der Waals surface area contributed by atoms with Gasteiger partial charge in [0.15, 0.2) is 0 Å². The number of anilines is 4. The number of aromatic nitrogens is 1. The van der Waals surface area contributed by atoms with Crippen molar-refractivity contribution in [2.75, 3.05) is 27.1 Å². The molecule has 12 nitrogen and oxygen atoms in total. The van der Waals surface area contributed by atoms with E-state index in [0.29, 0.717) is 16.1 Å². The SMILES string of the molecule is CS(=O)(=O)Nc1cccc2c(O)c(NC(=O)c3ccc(S(=O)(=O)O)cc3)cc(NNc3snc4ccccc34)c12. The summed E-state index contributed by atoms with van der Waals surface area (Å²) in [6.45, 7) is 0. The molecule has 40 heavy (non-hydrogen) atoms. The summed E-state index contributed by atoms with van der Waals surface area (Å²) in [4.78, 5) is 12.6. The lowest BCUT2D eigenvalue weighted by Crippen LogP contribution is -2.15. The molecule has 0 bridgehead atoms. The van der Waals surface area contributed by atoms with Crippen molar-refractivity contribution in [2.45, 2.75) is 4.90 Å². The van der Waals surface area contributed by atoms with Crippen molar-refractivity contribution in [1.29, 1.82) is 0 Å². The highest BCUT2D eigenvalue weighted by atomic mass is 32.2. The number of carbonyl (C=O) groups is 1. The number of hydrazine groups is 1. The van der Waals surface area contributed by atoms with Crippen LogP contribution in [0.4, 0.5) is 22.1 Å². The van der Waals surface area contributed by atoms with Gasteiger partial charge in [-0.2, -0.15) is 12.8 Å². The minimum absolute atomic E-state index is 0.00803. The molecule has 4 aromatic carbocycles. The number of benzene rings is 4. The van der Waals surface area contributed by atoms with Crippen LogP contribution < -0.4 is 20.9 Å². The number of fused-ring (bicyclic) bond motifs is 2. The van der Waals surface area contributed by atoms with E-state index in [1.54, 1.807) is 12.1 Å². The first-order valence-corrected chi connectivity index (χ1v) is 15.5. The van der Waals surface area contributed by atoms with Crippen molar-refractivity contribution in [3.63, 3.8) is 0 Å². The minimum Gasteiger partial charge on any atom is -0.505 e. The van der Waals surface area contributed by atoms with Crippen LogP contribution in [-0.4, -0.2) is 43.0 Å². The van der Waals surface area contributed by atoms with Gasteiger partial charge in [-0.3, -0.25) is 24.9 Å². The van der Waals surface area contributed by atoms with E-state index in [0.717, 1.165) is 29.3 Å². The second kappa shape index (κ2) is 10.3. The Bertz CT molecular complexity index is 1990. The first-order chi connectivity index (χ1) is 18.9. The number of carbonyl (C=O) groups excluding carboxylic acids is 1. The van der Waals surface area contributed by atoms with Crippen molar-refractivity contribution >= 4 is 81.3 Å². The van der Waals surface area contributed by atoms with Crippen LogP contribution in [0.3, 0.4) is 0 Å². The number of rotatable bonds is 8. The molecule has 0 aliphatic rings. The molecule has 1 aromatic heterocycles. The third-order valence-corrected chi connectivity index (χ3v) is 8.04. The number of phenols is 1. The summed E-state index contributed by atoms with van der Waals surface area (Å²) in [6.07, 6.45) is 1.00. The Morgan fingerprint density at radius 1 is 0.850 bits per heavy atom. The molecule has 6 N–H and O–H groups in total. The molecule has 0 radical (unpaired) electrons. The molecular weight excluding hydrogens is 579 g/mol. The van der Waals surface area contributed by atoms with Crippen molar-refractivity contribution in [3.8, 4) is 5.75 Å². The molecule has 1 amide bonds. The van der Waals surface area contributed by atoms with Gasteiger partial charge in [-0.15, -0.1) is 0 Å². The molecule has 15 heteroatoms. The second-order valence-electron chi connectivity index (χ2n) is 8.66. The summed E-state index contributed by atoms with van der Waals surface area (Å²) in [5.74, 6) is -1.00. The zero-order chi connectivity index (χ0) is 28.7.